The zero-order valence-corrected chi connectivity index (χ0v) is 30.6. The molecule has 0 N–H and O–H groups in total. The van der Waals surface area contributed by atoms with Crippen LogP contribution in [0.5, 0.6) is 0 Å². The SMILES string of the molecule is Cc1ccc2c(c1)c1c3oc4ccccc4c3cc3c4cc(-c5cc(C(C)(C)C)ccn5)[c-]cc4n2c31.[Ir].[c-]1ccccc1-c1ccccn1. The van der Waals surface area contributed by atoms with Crippen LogP contribution < -0.4 is 0 Å². The molecule has 0 saturated heterocycles. The summed E-state index contributed by atoms with van der Waals surface area (Å²) in [6, 6.07) is 46.5. The van der Waals surface area contributed by atoms with Gasteiger partial charge in [-0.05, 0) is 76.6 Å². The maximum atomic E-state index is 6.52. The molecule has 10 rings (SSSR count). The molecule has 5 aromatic heterocycles. The quantitative estimate of drug-likeness (QED) is 0.163. The Kier molecular flexibility index (Phi) is 7.79. The van der Waals surface area contributed by atoms with Crippen molar-refractivity contribution in [3.05, 3.63) is 151 Å². The van der Waals surface area contributed by atoms with Crippen molar-refractivity contribution in [1.82, 2.24) is 14.4 Å². The van der Waals surface area contributed by atoms with Gasteiger partial charge in [0.25, 0.3) is 0 Å². The van der Waals surface area contributed by atoms with Crippen LogP contribution in [0.1, 0.15) is 31.9 Å². The van der Waals surface area contributed by atoms with E-state index in [2.05, 4.69) is 116 Å². The second-order valence-corrected chi connectivity index (χ2v) is 13.8. The standard InChI is InChI=1S/C34H25N2O.C11H8N.Ir/c1-19-9-11-29-26(15-19)31-32-24(18-25-22-7-5-6-8-30(22)37-33(25)31)23-16-20(10-12-28(23)36(29)32)27-17-21(13-14-35-27)34(2,3)4;1-2-6-10(7-3-1)11-8-4-5-9-12-11;/h5-9,11-18H,1-4H3;1-6,8-9H;/q2*-1;. The molecule has 0 bridgehead atoms. The smallest absolute Gasteiger partial charge is 0.145 e. The summed E-state index contributed by atoms with van der Waals surface area (Å²) in [5.74, 6) is 0. The third-order valence-electron chi connectivity index (χ3n) is 9.54. The van der Waals surface area contributed by atoms with Gasteiger partial charge in [0, 0.05) is 54.2 Å². The molecule has 1 radical (unpaired) electrons. The summed E-state index contributed by atoms with van der Waals surface area (Å²) in [6.45, 7) is 8.86. The van der Waals surface area contributed by atoms with E-state index >= 15 is 0 Å². The van der Waals surface area contributed by atoms with Crippen molar-refractivity contribution in [2.75, 3.05) is 0 Å². The molecule has 0 amide bonds. The number of furan rings is 1. The van der Waals surface area contributed by atoms with Gasteiger partial charge in [0.1, 0.15) is 11.2 Å². The predicted molar refractivity (Wildman–Crippen MR) is 202 cm³/mol. The van der Waals surface area contributed by atoms with Gasteiger partial charge in [-0.15, -0.1) is 59.7 Å². The maximum absolute atomic E-state index is 6.52. The number of nitrogens with zero attached hydrogens (tertiary/aromatic N) is 3. The monoisotopic (exact) mass is 824 g/mol. The van der Waals surface area contributed by atoms with Crippen molar-refractivity contribution in [2.24, 2.45) is 0 Å². The van der Waals surface area contributed by atoms with Crippen LogP contribution in [0.3, 0.4) is 0 Å². The summed E-state index contributed by atoms with van der Waals surface area (Å²) in [4.78, 5) is 8.94. The molecule has 0 unspecified atom stereocenters. The van der Waals surface area contributed by atoms with E-state index in [9.17, 15) is 0 Å². The van der Waals surface area contributed by atoms with Crippen LogP contribution in [0.15, 0.2) is 132 Å². The maximum Gasteiger partial charge on any atom is 0.145 e. The van der Waals surface area contributed by atoms with E-state index in [1.165, 1.54) is 43.7 Å². The number of para-hydroxylation sites is 1. The molecule has 0 aliphatic carbocycles. The number of rotatable bonds is 2. The molecule has 5 aromatic carbocycles. The minimum absolute atomic E-state index is 0. The summed E-state index contributed by atoms with van der Waals surface area (Å²) in [6.07, 6.45) is 3.70. The number of fused-ring (bicyclic) bond motifs is 10. The van der Waals surface area contributed by atoms with Crippen molar-refractivity contribution in [2.45, 2.75) is 33.1 Å². The molecule has 5 heteroatoms. The molecule has 5 heterocycles. The van der Waals surface area contributed by atoms with Gasteiger partial charge < -0.3 is 18.8 Å². The van der Waals surface area contributed by atoms with Crippen molar-refractivity contribution in [3.63, 3.8) is 0 Å². The summed E-state index contributed by atoms with van der Waals surface area (Å²) >= 11 is 0. The minimum atomic E-state index is 0. The zero-order valence-electron chi connectivity index (χ0n) is 28.2. The van der Waals surface area contributed by atoms with Crippen LogP contribution in [0.4, 0.5) is 0 Å². The Bertz CT molecular complexity index is 2770. The first-order valence-electron chi connectivity index (χ1n) is 16.7. The molecule has 0 aliphatic heterocycles. The molecule has 0 spiro atoms. The Balaban J connectivity index is 0.000000236. The van der Waals surface area contributed by atoms with Crippen LogP contribution in [0.25, 0.3) is 82.5 Å². The van der Waals surface area contributed by atoms with Crippen molar-refractivity contribution in [3.8, 4) is 22.5 Å². The van der Waals surface area contributed by atoms with E-state index in [4.69, 9.17) is 9.40 Å². The van der Waals surface area contributed by atoms with E-state index in [-0.39, 0.29) is 25.5 Å². The topological polar surface area (TPSA) is 43.3 Å². The number of pyridine rings is 2. The molecule has 245 valence electrons. The third-order valence-corrected chi connectivity index (χ3v) is 9.54. The third kappa shape index (κ3) is 5.17. The summed E-state index contributed by atoms with van der Waals surface area (Å²) in [5, 5.41) is 7.18. The fourth-order valence-electron chi connectivity index (χ4n) is 7.10. The van der Waals surface area contributed by atoms with Crippen LogP contribution in [-0.2, 0) is 25.5 Å². The molecular formula is C45H33IrN3O-2. The normalized spacial score (nSPS) is 11.8. The Morgan fingerprint density at radius 1 is 0.640 bits per heavy atom. The minimum Gasteiger partial charge on any atom is -0.455 e. The summed E-state index contributed by atoms with van der Waals surface area (Å²) < 4.78 is 8.91. The average Bonchev–Trinajstić information content (AvgIpc) is 3.78. The molecule has 0 saturated carbocycles. The van der Waals surface area contributed by atoms with Gasteiger partial charge in [0.15, 0.2) is 0 Å². The van der Waals surface area contributed by atoms with Gasteiger partial charge in [0.05, 0.1) is 10.9 Å². The van der Waals surface area contributed by atoms with E-state index in [0.717, 1.165) is 50.0 Å². The fraction of sp³-hybridized carbons (Fsp3) is 0.111. The van der Waals surface area contributed by atoms with Gasteiger partial charge in [-0.2, -0.15) is 0 Å². The van der Waals surface area contributed by atoms with E-state index in [1.54, 1.807) is 6.20 Å². The second kappa shape index (κ2) is 12.2. The average molecular weight is 824 g/mol. The zero-order chi connectivity index (χ0) is 33.3. The van der Waals surface area contributed by atoms with Gasteiger partial charge in [0.2, 0.25) is 0 Å². The van der Waals surface area contributed by atoms with E-state index in [0.29, 0.717) is 0 Å². The molecule has 50 heavy (non-hydrogen) atoms. The number of benzene rings is 5. The van der Waals surface area contributed by atoms with E-state index < -0.39 is 0 Å². The Morgan fingerprint density at radius 2 is 1.46 bits per heavy atom. The fourth-order valence-corrected chi connectivity index (χ4v) is 7.10. The molecule has 4 nitrogen and oxygen atoms in total. The number of aromatic nitrogens is 3. The second-order valence-electron chi connectivity index (χ2n) is 13.8. The number of aryl methyl sites for hydroxylation is 1. The molecular weight excluding hydrogens is 791 g/mol. The Hall–Kier alpha value is -5.35. The van der Waals surface area contributed by atoms with Crippen LogP contribution in [-0.4, -0.2) is 14.4 Å². The van der Waals surface area contributed by atoms with E-state index in [1.807, 2.05) is 54.7 Å². The van der Waals surface area contributed by atoms with Crippen molar-refractivity contribution >= 4 is 60.0 Å². The van der Waals surface area contributed by atoms with Gasteiger partial charge in [-0.3, -0.25) is 0 Å². The van der Waals surface area contributed by atoms with Gasteiger partial charge in [-0.1, -0.05) is 74.2 Å². The number of hydrogen-bond donors (Lipinski definition) is 0. The molecule has 0 atom stereocenters. The first-order chi connectivity index (χ1) is 23.8. The first-order valence-corrected chi connectivity index (χ1v) is 16.7. The Morgan fingerprint density at radius 3 is 2.26 bits per heavy atom. The Labute approximate surface area is 304 Å². The predicted octanol–water partition coefficient (Wildman–Crippen LogP) is 11.8. The van der Waals surface area contributed by atoms with Crippen LogP contribution >= 0.6 is 0 Å². The molecule has 10 aromatic rings. The molecule has 0 fully saturated rings. The molecule has 0 aliphatic rings. The van der Waals surface area contributed by atoms with Crippen LogP contribution in [0.2, 0.25) is 0 Å². The van der Waals surface area contributed by atoms with Crippen molar-refractivity contribution in [1.29, 1.82) is 0 Å². The van der Waals surface area contributed by atoms with Crippen molar-refractivity contribution < 1.29 is 24.5 Å². The van der Waals surface area contributed by atoms with Gasteiger partial charge in [-0.25, -0.2) is 0 Å². The van der Waals surface area contributed by atoms with Crippen LogP contribution in [0, 0.1) is 19.1 Å². The largest absolute Gasteiger partial charge is 0.455 e. The number of hydrogen-bond acceptors (Lipinski definition) is 3. The first kappa shape index (κ1) is 31.9. The summed E-state index contributed by atoms with van der Waals surface area (Å²) in [5.41, 5.74) is 12.0. The summed E-state index contributed by atoms with van der Waals surface area (Å²) in [7, 11) is 0. The van der Waals surface area contributed by atoms with Gasteiger partial charge >= 0.3 is 0 Å².